The summed E-state index contributed by atoms with van der Waals surface area (Å²) in [5, 5.41) is 4.05. The van der Waals surface area contributed by atoms with Crippen LogP contribution in [0.5, 0.6) is 0 Å². The van der Waals surface area contributed by atoms with Gasteiger partial charge < -0.3 is 5.32 Å². The number of thioether (sulfide) groups is 1. The van der Waals surface area contributed by atoms with Gasteiger partial charge in [0.2, 0.25) is 0 Å². The second-order valence-corrected chi connectivity index (χ2v) is 7.25. The molecule has 4 heteroatoms. The fourth-order valence-corrected chi connectivity index (χ4v) is 4.19. The van der Waals surface area contributed by atoms with Crippen LogP contribution in [0.15, 0.2) is 0 Å². The highest BCUT2D eigenvalue weighted by Crippen LogP contribution is 2.31. The van der Waals surface area contributed by atoms with E-state index in [1.54, 1.807) is 0 Å². The van der Waals surface area contributed by atoms with E-state index in [4.69, 9.17) is 9.97 Å². The van der Waals surface area contributed by atoms with E-state index in [1.807, 2.05) is 18.8 Å². The number of aryl methyl sites for hydroxylation is 1. The van der Waals surface area contributed by atoms with Gasteiger partial charge in [-0.3, -0.25) is 0 Å². The molecule has 2 rings (SSSR count). The summed E-state index contributed by atoms with van der Waals surface area (Å²) in [7, 11) is 1.95. The van der Waals surface area contributed by atoms with Gasteiger partial charge in [-0.2, -0.15) is 11.8 Å². The van der Waals surface area contributed by atoms with Gasteiger partial charge in [-0.1, -0.05) is 33.1 Å². The summed E-state index contributed by atoms with van der Waals surface area (Å²) in [6, 6.07) is 0. The lowest BCUT2D eigenvalue weighted by atomic mass is 10.0. The molecular weight excluding hydrogens is 266 g/mol. The molecule has 1 aromatic heterocycles. The van der Waals surface area contributed by atoms with Crippen molar-refractivity contribution in [3.8, 4) is 0 Å². The number of rotatable bonds is 5. The summed E-state index contributed by atoms with van der Waals surface area (Å²) < 4.78 is 0. The average Bonchev–Trinajstić information content (AvgIpc) is 2.45. The fourth-order valence-electron chi connectivity index (χ4n) is 3.01. The van der Waals surface area contributed by atoms with E-state index in [0.717, 1.165) is 28.3 Å². The third-order valence-electron chi connectivity index (χ3n) is 4.00. The molecule has 3 nitrogen and oxygen atoms in total. The normalized spacial score (nSPS) is 16.6. The Morgan fingerprint density at radius 3 is 2.50 bits per heavy atom. The molecule has 0 saturated heterocycles. The van der Waals surface area contributed by atoms with E-state index >= 15 is 0 Å². The van der Waals surface area contributed by atoms with Crippen molar-refractivity contribution in [3.05, 3.63) is 17.1 Å². The van der Waals surface area contributed by atoms with Crippen molar-refractivity contribution in [1.29, 1.82) is 0 Å². The maximum absolute atomic E-state index is 4.72. The lowest BCUT2D eigenvalue weighted by Crippen LogP contribution is -2.11. The number of nitrogens with one attached hydrogen (secondary N) is 1. The number of hydrogen-bond acceptors (Lipinski definition) is 4. The van der Waals surface area contributed by atoms with Gasteiger partial charge in [-0.25, -0.2) is 9.97 Å². The van der Waals surface area contributed by atoms with Crippen LogP contribution < -0.4 is 5.32 Å². The van der Waals surface area contributed by atoms with Crippen molar-refractivity contribution >= 4 is 17.6 Å². The molecule has 1 saturated carbocycles. The number of hydrogen-bond donors (Lipinski definition) is 1. The molecule has 0 aliphatic heterocycles. The largest absolute Gasteiger partial charge is 0.373 e. The van der Waals surface area contributed by atoms with Crippen molar-refractivity contribution in [2.75, 3.05) is 12.4 Å². The van der Waals surface area contributed by atoms with Crippen LogP contribution in [0.1, 0.15) is 69.0 Å². The van der Waals surface area contributed by atoms with Gasteiger partial charge in [0.1, 0.15) is 11.6 Å². The third-order valence-corrected chi connectivity index (χ3v) is 5.36. The minimum atomic E-state index is 0.456. The van der Waals surface area contributed by atoms with E-state index in [0.29, 0.717) is 5.92 Å². The Morgan fingerprint density at radius 1 is 1.20 bits per heavy atom. The topological polar surface area (TPSA) is 37.8 Å². The number of anilines is 1. The van der Waals surface area contributed by atoms with Crippen LogP contribution in [-0.4, -0.2) is 22.3 Å². The first-order valence-corrected chi connectivity index (χ1v) is 8.83. The first-order valence-electron chi connectivity index (χ1n) is 7.78. The van der Waals surface area contributed by atoms with Crippen LogP contribution in [-0.2, 0) is 5.75 Å². The standard InChI is InChI=1S/C16H27N3S/c1-11(2)15-12(3)18-14(19-16(15)17-4)10-20-13-8-6-5-7-9-13/h11,13H,5-10H2,1-4H3,(H,17,18,19). The van der Waals surface area contributed by atoms with Crippen molar-refractivity contribution in [2.45, 2.75) is 69.8 Å². The van der Waals surface area contributed by atoms with Crippen LogP contribution in [0.4, 0.5) is 5.82 Å². The smallest absolute Gasteiger partial charge is 0.140 e. The predicted octanol–water partition coefficient (Wildman–Crippen LogP) is 4.52. The molecule has 1 aliphatic rings. The Morgan fingerprint density at radius 2 is 1.90 bits per heavy atom. The lowest BCUT2D eigenvalue weighted by molar-refractivity contribution is 0.516. The van der Waals surface area contributed by atoms with Gasteiger partial charge in [0.25, 0.3) is 0 Å². The molecule has 0 aromatic carbocycles. The molecular formula is C16H27N3S. The van der Waals surface area contributed by atoms with Crippen LogP contribution in [0.2, 0.25) is 0 Å². The van der Waals surface area contributed by atoms with E-state index in [-0.39, 0.29) is 0 Å². The van der Waals surface area contributed by atoms with Gasteiger partial charge in [0, 0.05) is 23.6 Å². The van der Waals surface area contributed by atoms with Crippen molar-refractivity contribution in [2.24, 2.45) is 0 Å². The molecule has 0 unspecified atom stereocenters. The zero-order chi connectivity index (χ0) is 14.5. The van der Waals surface area contributed by atoms with Crippen LogP contribution in [0.25, 0.3) is 0 Å². The predicted molar refractivity (Wildman–Crippen MR) is 88.6 cm³/mol. The number of nitrogens with zero attached hydrogens (tertiary/aromatic N) is 2. The number of aromatic nitrogens is 2. The average molecular weight is 293 g/mol. The van der Waals surface area contributed by atoms with Gasteiger partial charge in [0.15, 0.2) is 0 Å². The Bertz CT molecular complexity index is 440. The molecule has 0 amide bonds. The lowest BCUT2D eigenvalue weighted by Gasteiger charge is -2.21. The summed E-state index contributed by atoms with van der Waals surface area (Å²) in [5.74, 6) is 3.38. The second-order valence-electron chi connectivity index (χ2n) is 5.96. The van der Waals surface area contributed by atoms with E-state index in [1.165, 1.54) is 37.7 Å². The van der Waals surface area contributed by atoms with Gasteiger partial charge in [0.05, 0.1) is 5.75 Å². The maximum atomic E-state index is 4.72. The van der Waals surface area contributed by atoms with Crippen LogP contribution >= 0.6 is 11.8 Å². The van der Waals surface area contributed by atoms with E-state index in [2.05, 4.69) is 26.1 Å². The first kappa shape index (κ1) is 15.6. The molecule has 1 aliphatic carbocycles. The summed E-state index contributed by atoms with van der Waals surface area (Å²) >= 11 is 2.04. The summed E-state index contributed by atoms with van der Waals surface area (Å²) in [5.41, 5.74) is 2.37. The molecule has 1 N–H and O–H groups in total. The monoisotopic (exact) mass is 293 g/mol. The van der Waals surface area contributed by atoms with Crippen molar-refractivity contribution in [1.82, 2.24) is 9.97 Å². The van der Waals surface area contributed by atoms with Crippen LogP contribution in [0.3, 0.4) is 0 Å². The minimum absolute atomic E-state index is 0.456. The van der Waals surface area contributed by atoms with Crippen molar-refractivity contribution < 1.29 is 0 Å². The summed E-state index contributed by atoms with van der Waals surface area (Å²) in [6.45, 7) is 6.50. The highest BCUT2D eigenvalue weighted by molar-refractivity contribution is 7.99. The quantitative estimate of drug-likeness (QED) is 0.866. The molecule has 1 aromatic rings. The Balaban J connectivity index is 2.06. The molecule has 112 valence electrons. The molecule has 0 radical (unpaired) electrons. The van der Waals surface area contributed by atoms with E-state index < -0.39 is 0 Å². The Hall–Kier alpha value is -0.770. The molecule has 0 atom stereocenters. The highest BCUT2D eigenvalue weighted by Gasteiger charge is 2.17. The van der Waals surface area contributed by atoms with Crippen molar-refractivity contribution in [3.63, 3.8) is 0 Å². The third kappa shape index (κ3) is 3.87. The molecule has 1 fully saturated rings. The second kappa shape index (κ2) is 7.30. The van der Waals surface area contributed by atoms with E-state index in [9.17, 15) is 0 Å². The maximum Gasteiger partial charge on any atom is 0.140 e. The summed E-state index contributed by atoms with van der Waals surface area (Å²) in [4.78, 5) is 9.43. The molecule has 0 bridgehead atoms. The highest BCUT2D eigenvalue weighted by atomic mass is 32.2. The van der Waals surface area contributed by atoms with Gasteiger partial charge >= 0.3 is 0 Å². The Labute approximate surface area is 127 Å². The molecule has 1 heterocycles. The van der Waals surface area contributed by atoms with Gasteiger partial charge in [-0.05, 0) is 25.7 Å². The minimum Gasteiger partial charge on any atom is -0.373 e. The summed E-state index contributed by atoms with van der Waals surface area (Å²) in [6.07, 6.45) is 6.94. The van der Waals surface area contributed by atoms with Crippen LogP contribution in [0, 0.1) is 6.92 Å². The zero-order valence-electron chi connectivity index (χ0n) is 13.2. The first-order chi connectivity index (χ1) is 9.61. The Kier molecular flexibility index (Phi) is 5.70. The molecule has 20 heavy (non-hydrogen) atoms. The molecule has 0 spiro atoms. The SMILES string of the molecule is CNc1nc(CSC2CCCCC2)nc(C)c1C(C)C. The fraction of sp³-hybridized carbons (Fsp3) is 0.750. The van der Waals surface area contributed by atoms with Gasteiger partial charge in [-0.15, -0.1) is 0 Å². The zero-order valence-corrected chi connectivity index (χ0v) is 14.0.